The SMILES string of the molecule is CNC(=O)[C@@H]1CCCCN1CCC(=O)Nc1cccnc1. The van der Waals surface area contributed by atoms with Gasteiger partial charge in [-0.1, -0.05) is 6.42 Å². The number of carbonyl (C=O) groups excluding carboxylic acids is 2. The number of nitrogens with zero attached hydrogens (tertiary/aromatic N) is 2. The molecule has 0 unspecified atom stereocenters. The van der Waals surface area contributed by atoms with Crippen LogP contribution in [0.15, 0.2) is 24.5 Å². The summed E-state index contributed by atoms with van der Waals surface area (Å²) in [4.78, 5) is 29.8. The van der Waals surface area contributed by atoms with Crippen molar-refractivity contribution in [1.82, 2.24) is 15.2 Å². The van der Waals surface area contributed by atoms with Gasteiger partial charge in [-0.25, -0.2) is 0 Å². The van der Waals surface area contributed by atoms with E-state index in [-0.39, 0.29) is 17.9 Å². The molecular weight excluding hydrogens is 268 g/mol. The molecule has 1 aliphatic heterocycles. The fourth-order valence-electron chi connectivity index (χ4n) is 2.63. The summed E-state index contributed by atoms with van der Waals surface area (Å²) in [6, 6.07) is 3.48. The van der Waals surface area contributed by atoms with Crippen LogP contribution in [0.5, 0.6) is 0 Å². The van der Waals surface area contributed by atoms with Crippen molar-refractivity contribution in [3.05, 3.63) is 24.5 Å². The predicted molar refractivity (Wildman–Crippen MR) is 80.8 cm³/mol. The molecule has 1 aromatic heterocycles. The molecule has 1 aromatic rings. The minimum atomic E-state index is -0.102. The molecule has 0 aliphatic carbocycles. The lowest BCUT2D eigenvalue weighted by molar-refractivity contribution is -0.128. The van der Waals surface area contributed by atoms with Gasteiger partial charge < -0.3 is 10.6 Å². The van der Waals surface area contributed by atoms with Crippen LogP contribution in [0.1, 0.15) is 25.7 Å². The second-order valence-electron chi connectivity index (χ2n) is 5.20. The Bertz CT molecular complexity index is 478. The number of likely N-dealkylation sites (N-methyl/N-ethyl adjacent to an activating group) is 1. The van der Waals surface area contributed by atoms with Gasteiger partial charge in [-0.05, 0) is 31.5 Å². The lowest BCUT2D eigenvalue weighted by Gasteiger charge is -2.34. The van der Waals surface area contributed by atoms with Crippen LogP contribution in [-0.2, 0) is 9.59 Å². The molecule has 0 saturated carbocycles. The van der Waals surface area contributed by atoms with Crippen LogP contribution in [0.2, 0.25) is 0 Å². The third-order valence-electron chi connectivity index (χ3n) is 3.73. The largest absolute Gasteiger partial charge is 0.358 e. The van der Waals surface area contributed by atoms with Crippen molar-refractivity contribution in [3.63, 3.8) is 0 Å². The van der Waals surface area contributed by atoms with E-state index in [4.69, 9.17) is 0 Å². The number of rotatable bonds is 5. The van der Waals surface area contributed by atoms with E-state index in [0.717, 1.165) is 25.8 Å². The van der Waals surface area contributed by atoms with Crippen molar-refractivity contribution in [2.24, 2.45) is 0 Å². The Balaban J connectivity index is 1.83. The number of likely N-dealkylation sites (tertiary alicyclic amines) is 1. The van der Waals surface area contributed by atoms with E-state index >= 15 is 0 Å². The van der Waals surface area contributed by atoms with Crippen molar-refractivity contribution in [2.75, 3.05) is 25.5 Å². The number of amides is 2. The average molecular weight is 290 g/mol. The molecule has 2 N–H and O–H groups in total. The predicted octanol–water partition coefficient (Wildman–Crippen LogP) is 1.01. The quantitative estimate of drug-likeness (QED) is 0.849. The number of carbonyl (C=O) groups is 2. The molecule has 1 atom stereocenters. The van der Waals surface area contributed by atoms with E-state index in [1.807, 2.05) is 0 Å². The van der Waals surface area contributed by atoms with E-state index < -0.39 is 0 Å². The highest BCUT2D eigenvalue weighted by molar-refractivity contribution is 5.90. The first kappa shape index (κ1) is 15.4. The van der Waals surface area contributed by atoms with Crippen LogP contribution in [0, 0.1) is 0 Å². The molecule has 6 heteroatoms. The highest BCUT2D eigenvalue weighted by atomic mass is 16.2. The van der Waals surface area contributed by atoms with Gasteiger partial charge in [-0.2, -0.15) is 0 Å². The maximum atomic E-state index is 11.9. The number of nitrogens with one attached hydrogen (secondary N) is 2. The number of piperidine rings is 1. The third-order valence-corrected chi connectivity index (χ3v) is 3.73. The minimum Gasteiger partial charge on any atom is -0.358 e. The van der Waals surface area contributed by atoms with Gasteiger partial charge >= 0.3 is 0 Å². The van der Waals surface area contributed by atoms with Crippen LogP contribution in [-0.4, -0.2) is 47.9 Å². The molecule has 2 heterocycles. The second-order valence-corrected chi connectivity index (χ2v) is 5.20. The Kier molecular flexibility index (Phi) is 5.68. The van der Waals surface area contributed by atoms with Gasteiger partial charge in [0.1, 0.15) is 0 Å². The summed E-state index contributed by atoms with van der Waals surface area (Å²) in [6.07, 6.45) is 6.67. The van der Waals surface area contributed by atoms with Gasteiger partial charge in [0.25, 0.3) is 0 Å². The first-order valence-corrected chi connectivity index (χ1v) is 7.36. The van der Waals surface area contributed by atoms with Crippen LogP contribution in [0.25, 0.3) is 0 Å². The van der Waals surface area contributed by atoms with Gasteiger partial charge in [0.05, 0.1) is 17.9 Å². The van der Waals surface area contributed by atoms with Crippen molar-refractivity contribution >= 4 is 17.5 Å². The summed E-state index contributed by atoms with van der Waals surface area (Å²) in [5.41, 5.74) is 0.698. The molecule has 2 rings (SSSR count). The van der Waals surface area contributed by atoms with Crippen LogP contribution in [0.3, 0.4) is 0 Å². The molecule has 0 radical (unpaired) electrons. The van der Waals surface area contributed by atoms with Gasteiger partial charge in [0, 0.05) is 26.2 Å². The normalized spacial score (nSPS) is 19.0. The number of hydrogen-bond donors (Lipinski definition) is 2. The van der Waals surface area contributed by atoms with Gasteiger partial charge in [-0.3, -0.25) is 19.5 Å². The monoisotopic (exact) mass is 290 g/mol. The van der Waals surface area contributed by atoms with Gasteiger partial charge in [-0.15, -0.1) is 0 Å². The fourth-order valence-corrected chi connectivity index (χ4v) is 2.63. The van der Waals surface area contributed by atoms with Gasteiger partial charge in [0.15, 0.2) is 0 Å². The summed E-state index contributed by atoms with van der Waals surface area (Å²) in [7, 11) is 1.66. The zero-order valence-corrected chi connectivity index (χ0v) is 12.3. The Morgan fingerprint density at radius 1 is 1.43 bits per heavy atom. The summed E-state index contributed by atoms with van der Waals surface area (Å²) >= 11 is 0. The zero-order valence-electron chi connectivity index (χ0n) is 12.3. The van der Waals surface area contributed by atoms with Crippen molar-refractivity contribution in [3.8, 4) is 0 Å². The van der Waals surface area contributed by atoms with Gasteiger partial charge in [0.2, 0.25) is 11.8 Å². The van der Waals surface area contributed by atoms with E-state index in [9.17, 15) is 9.59 Å². The molecule has 1 aliphatic rings. The molecule has 0 aromatic carbocycles. The topological polar surface area (TPSA) is 74.3 Å². The molecule has 114 valence electrons. The lowest BCUT2D eigenvalue weighted by Crippen LogP contribution is -2.49. The standard InChI is InChI=1S/C15H22N4O2/c1-16-15(21)13-6-2-3-9-19(13)10-7-14(20)18-12-5-4-8-17-11-12/h4-5,8,11,13H,2-3,6-7,9-10H2,1H3,(H,16,21)(H,18,20)/t13-/m0/s1. The molecule has 21 heavy (non-hydrogen) atoms. The molecule has 0 bridgehead atoms. The van der Waals surface area contributed by atoms with E-state index in [1.165, 1.54) is 0 Å². The highest BCUT2D eigenvalue weighted by Crippen LogP contribution is 2.17. The number of anilines is 1. The highest BCUT2D eigenvalue weighted by Gasteiger charge is 2.27. The Labute approximate surface area is 124 Å². The summed E-state index contributed by atoms with van der Waals surface area (Å²) in [5, 5.41) is 5.51. The summed E-state index contributed by atoms with van der Waals surface area (Å²) in [6.45, 7) is 1.47. The molecule has 1 saturated heterocycles. The molecule has 6 nitrogen and oxygen atoms in total. The summed E-state index contributed by atoms with van der Waals surface area (Å²) in [5.74, 6) is -0.00778. The average Bonchev–Trinajstić information content (AvgIpc) is 2.53. The second kappa shape index (κ2) is 7.73. The van der Waals surface area contributed by atoms with Crippen molar-refractivity contribution < 1.29 is 9.59 Å². The molecule has 0 spiro atoms. The smallest absolute Gasteiger partial charge is 0.237 e. The van der Waals surface area contributed by atoms with Crippen LogP contribution in [0.4, 0.5) is 5.69 Å². The Morgan fingerprint density at radius 3 is 3.00 bits per heavy atom. The zero-order chi connectivity index (χ0) is 15.1. The number of hydrogen-bond acceptors (Lipinski definition) is 4. The number of pyridine rings is 1. The lowest BCUT2D eigenvalue weighted by atomic mass is 10.0. The van der Waals surface area contributed by atoms with Crippen molar-refractivity contribution in [2.45, 2.75) is 31.7 Å². The fraction of sp³-hybridized carbons (Fsp3) is 0.533. The third kappa shape index (κ3) is 4.53. The van der Waals surface area contributed by atoms with Crippen molar-refractivity contribution in [1.29, 1.82) is 0 Å². The van der Waals surface area contributed by atoms with E-state index in [2.05, 4.69) is 20.5 Å². The molecule has 1 fully saturated rings. The Hall–Kier alpha value is -1.95. The van der Waals surface area contributed by atoms with Crippen LogP contribution < -0.4 is 10.6 Å². The Morgan fingerprint density at radius 2 is 2.29 bits per heavy atom. The van der Waals surface area contributed by atoms with E-state index in [1.54, 1.807) is 31.6 Å². The maximum Gasteiger partial charge on any atom is 0.237 e. The summed E-state index contributed by atoms with van der Waals surface area (Å²) < 4.78 is 0. The molecule has 2 amide bonds. The maximum absolute atomic E-state index is 11.9. The minimum absolute atomic E-state index is 0.0439. The first-order valence-electron chi connectivity index (χ1n) is 7.36. The first-order chi connectivity index (χ1) is 10.2. The molecular formula is C15H22N4O2. The number of aromatic nitrogens is 1. The van der Waals surface area contributed by atoms with Crippen LogP contribution >= 0.6 is 0 Å². The van der Waals surface area contributed by atoms with E-state index in [0.29, 0.717) is 18.7 Å².